The molecule has 4 aliphatic carbocycles. The number of fused-ring (bicyclic) bond motifs is 5. The van der Waals surface area contributed by atoms with Gasteiger partial charge in [-0.2, -0.15) is 0 Å². The van der Waals surface area contributed by atoms with Crippen LogP contribution in [0.4, 0.5) is 4.39 Å². The molecule has 0 aromatic carbocycles. The predicted molar refractivity (Wildman–Crippen MR) is 113 cm³/mol. The summed E-state index contributed by atoms with van der Waals surface area (Å²) in [7, 11) is -5.17. The van der Waals surface area contributed by atoms with Gasteiger partial charge in [0.2, 0.25) is 0 Å². The first-order valence-electron chi connectivity index (χ1n) is 10.9. The third-order valence-corrected chi connectivity index (χ3v) is 9.53. The van der Waals surface area contributed by atoms with E-state index in [-0.39, 0.29) is 80.6 Å². The Bertz CT molecular complexity index is 995. The Morgan fingerprint density at radius 3 is 2.47 bits per heavy atom. The van der Waals surface area contributed by atoms with Crippen LogP contribution in [0.3, 0.4) is 0 Å². The molecule has 0 aromatic heterocycles. The maximum Gasteiger partial charge on any atom is 1.00 e. The molecule has 0 spiro atoms. The maximum atomic E-state index is 17.1. The van der Waals surface area contributed by atoms with Gasteiger partial charge in [-0.3, -0.25) is 14.1 Å². The van der Waals surface area contributed by atoms with Crippen LogP contribution in [0.25, 0.3) is 0 Å². The Labute approximate surface area is 245 Å². The minimum atomic E-state index is -5.17. The summed E-state index contributed by atoms with van der Waals surface area (Å²) in [4.78, 5) is 44.2. The molecule has 182 valence electrons. The number of hydrogen-bond acceptors (Lipinski definition) is 6. The molecule has 12 heteroatoms. The summed E-state index contributed by atoms with van der Waals surface area (Å²) >= 11 is 0. The molecular weight excluding hydrogens is 488 g/mol. The largest absolute Gasteiger partial charge is 1.00 e. The zero-order valence-electron chi connectivity index (χ0n) is 22.3. The van der Waals surface area contributed by atoms with Gasteiger partial charge >= 0.3 is 66.9 Å². The Morgan fingerprint density at radius 2 is 1.91 bits per heavy atom. The summed E-state index contributed by atoms with van der Waals surface area (Å²) in [6, 6.07) is 0. The number of halogens is 1. The molecule has 0 saturated heterocycles. The van der Waals surface area contributed by atoms with E-state index in [9.17, 15) is 34.2 Å². The first-order chi connectivity index (χ1) is 14.7. The summed E-state index contributed by atoms with van der Waals surface area (Å²) < 4.78 is 34.2. The van der Waals surface area contributed by atoms with Crippen LogP contribution in [-0.4, -0.2) is 55.5 Å². The van der Waals surface area contributed by atoms with Crippen molar-refractivity contribution < 1.29 is 105 Å². The number of ketones is 2. The monoisotopic (exact) mass is 520 g/mol. The van der Waals surface area contributed by atoms with Gasteiger partial charge < -0.3 is 22.9 Å². The van der Waals surface area contributed by atoms with Gasteiger partial charge in [0.15, 0.2) is 17.2 Å². The van der Waals surface area contributed by atoms with Crippen LogP contribution in [-0.2, 0) is 18.7 Å². The number of aliphatic hydroxyl groups excluding tert-OH is 2. The normalized spacial score (nSPS) is 45.2. The van der Waals surface area contributed by atoms with Crippen LogP contribution >= 0.6 is 7.82 Å². The fraction of sp³-hybridized carbons (Fsp3) is 0.727. The topological polar surface area (TPSA) is 141 Å². The molecule has 8 nitrogen and oxygen atoms in total. The van der Waals surface area contributed by atoms with Crippen LogP contribution in [0.1, 0.15) is 49.3 Å². The third-order valence-electron chi connectivity index (χ3n) is 9.00. The second-order valence-corrected chi connectivity index (χ2v) is 11.5. The molecule has 3 saturated carbocycles. The minimum absolute atomic E-state index is 0. The number of rotatable bonds is 4. The molecule has 0 amide bonds. The van der Waals surface area contributed by atoms with Crippen molar-refractivity contribution in [3.05, 3.63) is 23.8 Å². The van der Waals surface area contributed by atoms with Crippen molar-refractivity contribution >= 4 is 19.4 Å². The number of hydrogen-bond donors (Lipinski definition) is 4. The Balaban J connectivity index is 0.00000306. The average molecular weight is 520 g/mol. The van der Waals surface area contributed by atoms with Gasteiger partial charge in [-0.1, -0.05) is 25.5 Å². The number of carbonyl (C=O) groups excluding carboxylic acids is 2. The van der Waals surface area contributed by atoms with Crippen molar-refractivity contribution in [1.82, 2.24) is 0 Å². The zero-order chi connectivity index (χ0) is 23.9. The van der Waals surface area contributed by atoms with Crippen molar-refractivity contribution in [3.8, 4) is 0 Å². The second kappa shape index (κ2) is 9.83. The number of alkyl halides is 1. The molecule has 0 bridgehead atoms. The number of carbonyl (C=O) groups is 2. The van der Waals surface area contributed by atoms with Crippen molar-refractivity contribution in [2.24, 2.45) is 28.6 Å². The van der Waals surface area contributed by atoms with Crippen molar-refractivity contribution in [1.29, 1.82) is 0 Å². The zero-order valence-corrected chi connectivity index (χ0v) is 25.2. The quantitative estimate of drug-likeness (QED) is 0.219. The van der Waals surface area contributed by atoms with Gasteiger partial charge in [-0.15, -0.1) is 0 Å². The second-order valence-electron chi connectivity index (χ2n) is 10.3. The Hall–Kier alpha value is 0.780. The van der Waals surface area contributed by atoms with E-state index in [1.165, 1.54) is 18.2 Å². The SMILES string of the molecule is C[C@@H]1C[C@H]2[C@@H]3CCC4=CC(=O)C=C[C@]4(C)[C@@]3(F)[C@@H](O)C[C@]2(C)[C@@]1(OP(=O)(O)O)C(=O)CO.[H-].[H-].[Na+].[Na+]. The smallest absolute Gasteiger partial charge is 1.00 e. The number of phosphoric acid groups is 1. The number of phosphoric ester groups is 1. The summed E-state index contributed by atoms with van der Waals surface area (Å²) in [6.07, 6.45) is 3.34. The van der Waals surface area contributed by atoms with E-state index in [0.29, 0.717) is 18.4 Å². The molecule has 4 aliphatic rings. The van der Waals surface area contributed by atoms with Crippen LogP contribution in [0, 0.1) is 28.6 Å². The minimum Gasteiger partial charge on any atom is -1.00 e. The summed E-state index contributed by atoms with van der Waals surface area (Å²) in [5, 5.41) is 21.0. The predicted octanol–water partition coefficient (Wildman–Crippen LogP) is -3.75. The fourth-order valence-electron chi connectivity index (χ4n) is 7.67. The van der Waals surface area contributed by atoms with E-state index in [1.54, 1.807) is 20.8 Å². The molecule has 0 heterocycles. The molecule has 0 aromatic rings. The summed E-state index contributed by atoms with van der Waals surface area (Å²) in [5.41, 5.74) is -6.13. The maximum absolute atomic E-state index is 17.1. The Morgan fingerprint density at radius 1 is 1.29 bits per heavy atom. The van der Waals surface area contributed by atoms with E-state index in [2.05, 4.69) is 0 Å². The average Bonchev–Trinajstić information content (AvgIpc) is 2.90. The molecule has 0 aliphatic heterocycles. The fourth-order valence-corrected chi connectivity index (χ4v) is 8.54. The van der Waals surface area contributed by atoms with Crippen molar-refractivity contribution in [2.75, 3.05) is 6.61 Å². The van der Waals surface area contributed by atoms with Crippen molar-refractivity contribution in [2.45, 2.75) is 63.8 Å². The van der Waals surface area contributed by atoms with Gasteiger partial charge in [-0.05, 0) is 56.6 Å². The van der Waals surface area contributed by atoms with Crippen LogP contribution in [0.15, 0.2) is 23.8 Å². The number of allylic oxidation sites excluding steroid dienone is 4. The van der Waals surface area contributed by atoms with Crippen LogP contribution < -0.4 is 59.1 Å². The standard InChI is InChI=1S/C22H30FO8P.2Na.2H/c1-12-8-16-15-5-4-13-9-14(25)6-7-19(13,2)21(15,23)17(26)10-20(16,3)22(12,18(27)11-24)31-32(28,29)30;;;;/h6-7,9,12,15-17,24,26H,4-5,8,10-11H2,1-3H3,(H2,28,29,30);;;;/q;2*+1;2*-1/t12-,15+,16+,17+,19+,20+,21+,22+;;;;/m1..../s1. The van der Waals surface area contributed by atoms with E-state index in [0.717, 1.165) is 0 Å². The molecule has 0 radical (unpaired) electrons. The summed E-state index contributed by atoms with van der Waals surface area (Å²) in [6.45, 7) is 3.87. The van der Waals surface area contributed by atoms with Crippen LogP contribution in [0.5, 0.6) is 0 Å². The molecule has 0 unspecified atom stereocenters. The number of aliphatic hydroxyl groups is 2. The van der Waals surface area contributed by atoms with Gasteiger partial charge in [0.25, 0.3) is 0 Å². The van der Waals surface area contributed by atoms with E-state index in [4.69, 9.17) is 4.52 Å². The number of Topliss-reactive ketones (excluding diaryl/α,β-unsaturated/α-hetero) is 1. The molecule has 34 heavy (non-hydrogen) atoms. The Kier molecular flexibility index (Phi) is 8.96. The van der Waals surface area contributed by atoms with Crippen LogP contribution in [0.2, 0.25) is 0 Å². The summed E-state index contributed by atoms with van der Waals surface area (Å²) in [5.74, 6) is -3.13. The van der Waals surface area contributed by atoms with Gasteiger partial charge in [0, 0.05) is 16.7 Å². The molecule has 8 atom stereocenters. The third kappa shape index (κ3) is 4.02. The first-order valence-corrected chi connectivity index (χ1v) is 12.4. The van der Waals surface area contributed by atoms with Crippen molar-refractivity contribution in [3.63, 3.8) is 0 Å². The van der Waals surface area contributed by atoms with Gasteiger partial charge in [0.05, 0.1) is 6.10 Å². The first kappa shape index (κ1) is 31.0. The van der Waals surface area contributed by atoms with E-state index in [1.807, 2.05) is 0 Å². The molecule has 4 N–H and O–H groups in total. The van der Waals surface area contributed by atoms with Gasteiger partial charge in [-0.25, -0.2) is 8.96 Å². The van der Waals surface area contributed by atoms with E-state index >= 15 is 4.39 Å². The van der Waals surface area contributed by atoms with Gasteiger partial charge in [0.1, 0.15) is 12.2 Å². The van der Waals surface area contributed by atoms with E-state index < -0.39 is 66.2 Å². The molecular formula is C22H32FNa2O8P. The molecule has 3 fully saturated rings. The molecule has 4 rings (SSSR count).